The van der Waals surface area contributed by atoms with Gasteiger partial charge in [-0.1, -0.05) is 12.1 Å². The van der Waals surface area contributed by atoms with Gasteiger partial charge in [0.2, 0.25) is 0 Å². The van der Waals surface area contributed by atoms with Gasteiger partial charge in [-0.3, -0.25) is 4.99 Å². The van der Waals surface area contributed by atoms with Crippen molar-refractivity contribution in [1.29, 1.82) is 0 Å². The van der Waals surface area contributed by atoms with Gasteiger partial charge in [0.25, 0.3) is 0 Å². The number of ether oxygens (including phenoxy) is 1. The molecule has 0 aliphatic rings. The fourth-order valence-corrected chi connectivity index (χ4v) is 3.83. The Balaban J connectivity index is 0.00000450. The molecule has 1 atom stereocenters. The second-order valence-corrected chi connectivity index (χ2v) is 8.04. The van der Waals surface area contributed by atoms with Crippen LogP contribution in [-0.2, 0) is 11.3 Å². The molecular weight excluding hydrogens is 513 g/mol. The van der Waals surface area contributed by atoms with Crippen LogP contribution in [0, 0.1) is 13.8 Å². The van der Waals surface area contributed by atoms with Gasteiger partial charge in [0.1, 0.15) is 9.88 Å². The number of halogens is 1. The molecule has 2 aromatic rings. The van der Waals surface area contributed by atoms with Gasteiger partial charge < -0.3 is 20.3 Å². The molecule has 166 valence electrons. The molecule has 2 N–H and O–H groups in total. The summed E-state index contributed by atoms with van der Waals surface area (Å²) in [6.45, 7) is 8.70. The summed E-state index contributed by atoms with van der Waals surface area (Å²) in [5.74, 6) is 0.354. The summed E-state index contributed by atoms with van der Waals surface area (Å²) in [7, 11) is 5.82. The van der Waals surface area contributed by atoms with Crippen LogP contribution in [-0.4, -0.2) is 44.7 Å². The SMILES string of the molecule is CCOC(=O)c1sc(C(C)NC(=NC)NCc2ccc(C)cc2N(C)C)nc1C.I. The van der Waals surface area contributed by atoms with Crippen LogP contribution in [0.3, 0.4) is 0 Å². The zero-order valence-corrected chi connectivity index (χ0v) is 21.8. The lowest BCUT2D eigenvalue weighted by Gasteiger charge is -2.20. The number of thiazole rings is 1. The lowest BCUT2D eigenvalue weighted by atomic mass is 10.1. The van der Waals surface area contributed by atoms with E-state index in [9.17, 15) is 4.79 Å². The molecule has 1 heterocycles. The highest BCUT2D eigenvalue weighted by atomic mass is 127. The number of aromatic nitrogens is 1. The number of hydrogen-bond donors (Lipinski definition) is 2. The molecule has 1 unspecified atom stereocenters. The van der Waals surface area contributed by atoms with Gasteiger partial charge in [0, 0.05) is 33.4 Å². The van der Waals surface area contributed by atoms with Crippen molar-refractivity contribution < 1.29 is 9.53 Å². The van der Waals surface area contributed by atoms with Gasteiger partial charge >= 0.3 is 5.97 Å². The lowest BCUT2D eigenvalue weighted by Crippen LogP contribution is -2.38. The molecule has 0 radical (unpaired) electrons. The third kappa shape index (κ3) is 6.83. The van der Waals surface area contributed by atoms with Gasteiger partial charge in [-0.05, 0) is 44.9 Å². The predicted octanol–water partition coefficient (Wildman–Crippen LogP) is 4.05. The zero-order chi connectivity index (χ0) is 21.6. The second kappa shape index (κ2) is 12.1. The molecule has 0 aliphatic heterocycles. The average Bonchev–Trinajstić information content (AvgIpc) is 3.07. The van der Waals surface area contributed by atoms with Crippen LogP contribution in [0.1, 0.15) is 51.4 Å². The Morgan fingerprint density at radius 3 is 2.63 bits per heavy atom. The fraction of sp³-hybridized carbons (Fsp3) is 0.476. The highest BCUT2D eigenvalue weighted by molar-refractivity contribution is 14.0. The van der Waals surface area contributed by atoms with Crippen molar-refractivity contribution in [3.63, 3.8) is 0 Å². The van der Waals surface area contributed by atoms with Crippen LogP contribution in [0.25, 0.3) is 0 Å². The molecule has 0 aliphatic carbocycles. The van der Waals surface area contributed by atoms with Crippen LogP contribution in [0.5, 0.6) is 0 Å². The normalized spacial score (nSPS) is 12.0. The second-order valence-electron chi connectivity index (χ2n) is 7.01. The first-order valence-electron chi connectivity index (χ1n) is 9.65. The third-order valence-electron chi connectivity index (χ3n) is 4.39. The van der Waals surface area contributed by atoms with Gasteiger partial charge in [0.15, 0.2) is 5.96 Å². The highest BCUT2D eigenvalue weighted by Gasteiger charge is 2.20. The first kappa shape index (κ1) is 26.2. The predicted molar refractivity (Wildman–Crippen MR) is 135 cm³/mol. The molecule has 0 amide bonds. The first-order chi connectivity index (χ1) is 13.8. The summed E-state index contributed by atoms with van der Waals surface area (Å²) in [5.41, 5.74) is 4.28. The first-order valence-corrected chi connectivity index (χ1v) is 10.5. The monoisotopic (exact) mass is 545 g/mol. The number of nitrogens with zero attached hydrogens (tertiary/aromatic N) is 3. The molecule has 2 rings (SSSR count). The number of aryl methyl sites for hydroxylation is 2. The summed E-state index contributed by atoms with van der Waals surface area (Å²) in [6, 6.07) is 6.31. The maximum atomic E-state index is 12.0. The van der Waals surface area contributed by atoms with Crippen molar-refractivity contribution in [3.8, 4) is 0 Å². The molecule has 0 spiro atoms. The van der Waals surface area contributed by atoms with E-state index in [1.807, 2.05) is 27.9 Å². The van der Waals surface area contributed by atoms with Crippen molar-refractivity contribution in [2.75, 3.05) is 32.6 Å². The molecular formula is C21H32IN5O2S. The summed E-state index contributed by atoms with van der Waals surface area (Å²) < 4.78 is 5.10. The van der Waals surface area contributed by atoms with Gasteiger partial charge in [-0.25, -0.2) is 9.78 Å². The summed E-state index contributed by atoms with van der Waals surface area (Å²) in [6.07, 6.45) is 0. The Bertz CT molecular complexity index is 882. The van der Waals surface area contributed by atoms with Gasteiger partial charge in [0.05, 0.1) is 18.3 Å². The third-order valence-corrected chi connectivity index (χ3v) is 5.71. The number of esters is 1. The van der Waals surface area contributed by atoms with E-state index < -0.39 is 0 Å². The van der Waals surface area contributed by atoms with Crippen molar-refractivity contribution in [2.24, 2.45) is 4.99 Å². The van der Waals surface area contributed by atoms with Gasteiger partial charge in [-0.2, -0.15) is 0 Å². The minimum Gasteiger partial charge on any atom is -0.462 e. The maximum absolute atomic E-state index is 12.0. The van der Waals surface area contributed by atoms with E-state index in [4.69, 9.17) is 4.74 Å². The molecule has 30 heavy (non-hydrogen) atoms. The molecule has 9 heteroatoms. The van der Waals surface area contributed by atoms with Crippen LogP contribution in [0.2, 0.25) is 0 Å². The molecule has 7 nitrogen and oxygen atoms in total. The van der Waals surface area contributed by atoms with Crippen molar-refractivity contribution in [1.82, 2.24) is 15.6 Å². The Morgan fingerprint density at radius 1 is 1.33 bits per heavy atom. The number of aliphatic imine (C=N–C) groups is 1. The Morgan fingerprint density at radius 2 is 2.03 bits per heavy atom. The minimum atomic E-state index is -0.320. The molecule has 1 aromatic carbocycles. The topological polar surface area (TPSA) is 78.8 Å². The minimum absolute atomic E-state index is 0. The Labute approximate surface area is 200 Å². The number of benzene rings is 1. The average molecular weight is 545 g/mol. The number of anilines is 1. The van der Waals surface area contributed by atoms with E-state index in [1.54, 1.807) is 14.0 Å². The van der Waals surface area contributed by atoms with E-state index in [-0.39, 0.29) is 36.0 Å². The number of carbonyl (C=O) groups excluding carboxylic acids is 1. The quantitative estimate of drug-likeness (QED) is 0.237. The van der Waals surface area contributed by atoms with E-state index in [1.165, 1.54) is 28.2 Å². The van der Waals surface area contributed by atoms with E-state index in [0.717, 1.165) is 5.01 Å². The fourth-order valence-electron chi connectivity index (χ4n) is 2.87. The van der Waals surface area contributed by atoms with Crippen molar-refractivity contribution in [3.05, 3.63) is 44.9 Å². The smallest absolute Gasteiger partial charge is 0.350 e. The largest absolute Gasteiger partial charge is 0.462 e. The molecule has 0 saturated heterocycles. The maximum Gasteiger partial charge on any atom is 0.350 e. The Hall–Kier alpha value is -1.88. The number of carbonyl (C=O) groups is 1. The van der Waals surface area contributed by atoms with Crippen LogP contribution < -0.4 is 15.5 Å². The van der Waals surface area contributed by atoms with Gasteiger partial charge in [-0.15, -0.1) is 35.3 Å². The van der Waals surface area contributed by atoms with E-state index >= 15 is 0 Å². The number of rotatable bonds is 7. The van der Waals surface area contributed by atoms with Crippen LogP contribution >= 0.6 is 35.3 Å². The lowest BCUT2D eigenvalue weighted by molar-refractivity contribution is 0.0531. The number of nitrogens with one attached hydrogen (secondary N) is 2. The van der Waals surface area contributed by atoms with Crippen LogP contribution in [0.4, 0.5) is 5.69 Å². The summed E-state index contributed by atoms with van der Waals surface area (Å²) in [5, 5.41) is 7.53. The van der Waals surface area contributed by atoms with Crippen molar-refractivity contribution in [2.45, 2.75) is 40.3 Å². The molecule has 0 fully saturated rings. The van der Waals surface area contributed by atoms with Crippen LogP contribution in [0.15, 0.2) is 23.2 Å². The summed E-state index contributed by atoms with van der Waals surface area (Å²) >= 11 is 1.35. The molecule has 0 saturated carbocycles. The highest BCUT2D eigenvalue weighted by Crippen LogP contribution is 2.24. The van der Waals surface area contributed by atoms with Crippen molar-refractivity contribution >= 4 is 52.9 Å². The standard InChI is InChI=1S/C21H31N5O2S.HI/c1-8-28-20(27)18-14(3)24-19(29-18)15(4)25-21(22-5)23-12-16-10-9-13(2)11-17(16)26(6)7;/h9-11,15H,8,12H2,1-7H3,(H2,22,23,25);1H. The summed E-state index contributed by atoms with van der Waals surface area (Å²) in [4.78, 5) is 23.5. The molecule has 0 bridgehead atoms. The van der Waals surface area contributed by atoms with E-state index in [0.29, 0.717) is 29.7 Å². The van der Waals surface area contributed by atoms with E-state index in [2.05, 4.69) is 50.6 Å². The molecule has 1 aromatic heterocycles. The zero-order valence-electron chi connectivity index (χ0n) is 18.7. The number of hydrogen-bond acceptors (Lipinski definition) is 6. The number of guanidine groups is 1. The Kier molecular flexibility index (Phi) is 10.5.